The molecule has 0 atom stereocenters. The Hall–Kier alpha value is -1.51. The molecule has 1 aromatic carbocycles. The lowest BCUT2D eigenvalue weighted by molar-refractivity contribution is 0.199. The number of anilines is 1. The highest BCUT2D eigenvalue weighted by Gasteiger charge is 2.27. The molecule has 0 aromatic heterocycles. The summed E-state index contributed by atoms with van der Waals surface area (Å²) in [6, 6.07) is 8.51. The van der Waals surface area contributed by atoms with Gasteiger partial charge in [-0.15, -0.1) is 0 Å². The maximum atomic E-state index is 12.7. The summed E-state index contributed by atoms with van der Waals surface area (Å²) in [5, 5.41) is 0. The Bertz CT molecular complexity index is 450. The summed E-state index contributed by atoms with van der Waals surface area (Å²) >= 11 is 0. The molecule has 0 aliphatic carbocycles. The molecule has 0 spiro atoms. The quantitative estimate of drug-likeness (QED) is 0.699. The molecule has 0 bridgehead atoms. The molecule has 3 nitrogen and oxygen atoms in total. The Kier molecular flexibility index (Phi) is 3.72. The Morgan fingerprint density at radius 2 is 1.58 bits per heavy atom. The van der Waals surface area contributed by atoms with Crippen LogP contribution in [0.15, 0.2) is 24.3 Å². The fraction of sp³-hybridized carbons (Fsp3) is 0.562. The average Bonchev–Trinajstić information content (AvgIpc) is 2.81. The number of nitrogens with zero attached hydrogens (tertiary/aromatic N) is 2. The maximum Gasteiger partial charge on any atom is 0.324 e. The van der Waals surface area contributed by atoms with Gasteiger partial charge in [0.05, 0.1) is 0 Å². The summed E-state index contributed by atoms with van der Waals surface area (Å²) in [4.78, 5) is 16.7. The summed E-state index contributed by atoms with van der Waals surface area (Å²) in [6.45, 7) is 2.70. The average molecular weight is 258 g/mol. The van der Waals surface area contributed by atoms with Crippen molar-refractivity contribution >= 4 is 11.7 Å². The van der Waals surface area contributed by atoms with Gasteiger partial charge in [-0.25, -0.2) is 4.79 Å². The highest BCUT2D eigenvalue weighted by atomic mass is 16.2. The number of likely N-dealkylation sites (tertiary alicyclic amines) is 1. The van der Waals surface area contributed by atoms with Gasteiger partial charge in [0.25, 0.3) is 0 Å². The van der Waals surface area contributed by atoms with Crippen molar-refractivity contribution in [1.29, 1.82) is 0 Å². The monoisotopic (exact) mass is 258 g/mol. The molecule has 1 fully saturated rings. The number of rotatable bonds is 0. The first-order valence-electron chi connectivity index (χ1n) is 7.50. The van der Waals surface area contributed by atoms with Gasteiger partial charge in [-0.1, -0.05) is 37.5 Å². The van der Waals surface area contributed by atoms with E-state index in [1.165, 1.54) is 24.8 Å². The van der Waals surface area contributed by atoms with Gasteiger partial charge in [0.15, 0.2) is 0 Å². The Morgan fingerprint density at radius 1 is 0.895 bits per heavy atom. The highest BCUT2D eigenvalue weighted by molar-refractivity contribution is 5.94. The van der Waals surface area contributed by atoms with Crippen molar-refractivity contribution in [2.24, 2.45) is 0 Å². The van der Waals surface area contributed by atoms with Crippen LogP contribution in [0.25, 0.3) is 0 Å². The number of hydrogen-bond acceptors (Lipinski definition) is 1. The predicted octanol–water partition coefficient (Wildman–Crippen LogP) is 3.44. The van der Waals surface area contributed by atoms with Gasteiger partial charge in [-0.05, 0) is 30.9 Å². The zero-order valence-corrected chi connectivity index (χ0v) is 11.5. The van der Waals surface area contributed by atoms with E-state index in [1.807, 2.05) is 11.0 Å². The normalized spacial score (nSPS) is 19.8. The predicted molar refractivity (Wildman–Crippen MR) is 77.5 cm³/mol. The fourth-order valence-electron chi connectivity index (χ4n) is 3.15. The zero-order valence-electron chi connectivity index (χ0n) is 11.5. The number of fused-ring (bicyclic) bond motifs is 1. The van der Waals surface area contributed by atoms with Crippen molar-refractivity contribution in [3.8, 4) is 0 Å². The summed E-state index contributed by atoms with van der Waals surface area (Å²) in [5.74, 6) is 0. The van der Waals surface area contributed by atoms with Crippen LogP contribution in [0.1, 0.15) is 37.7 Å². The Morgan fingerprint density at radius 3 is 2.37 bits per heavy atom. The van der Waals surface area contributed by atoms with E-state index in [0.29, 0.717) is 0 Å². The third-order valence-electron chi connectivity index (χ3n) is 4.24. The van der Waals surface area contributed by atoms with E-state index in [4.69, 9.17) is 0 Å². The zero-order chi connectivity index (χ0) is 13.1. The number of hydrogen-bond donors (Lipinski definition) is 0. The first-order chi connectivity index (χ1) is 9.36. The molecular formula is C16H22N2O. The summed E-state index contributed by atoms with van der Waals surface area (Å²) in [7, 11) is 0. The lowest BCUT2D eigenvalue weighted by Crippen LogP contribution is -2.43. The molecule has 3 rings (SSSR count). The standard InChI is InChI=1S/C16H22N2O/c19-16(17-11-6-2-1-3-7-12-17)18-13-10-14-8-4-5-9-15(14)18/h4-5,8-9H,1-3,6-7,10-13H2. The molecule has 0 N–H and O–H groups in total. The van der Waals surface area contributed by atoms with Crippen LogP contribution in [-0.4, -0.2) is 30.6 Å². The van der Waals surface area contributed by atoms with Crippen LogP contribution < -0.4 is 4.90 Å². The minimum Gasteiger partial charge on any atom is -0.324 e. The number of amides is 2. The largest absolute Gasteiger partial charge is 0.324 e. The van der Waals surface area contributed by atoms with Crippen LogP contribution in [0.4, 0.5) is 10.5 Å². The van der Waals surface area contributed by atoms with E-state index in [9.17, 15) is 4.79 Å². The second-order valence-corrected chi connectivity index (χ2v) is 5.57. The molecule has 2 aliphatic rings. The number of urea groups is 1. The summed E-state index contributed by atoms with van der Waals surface area (Å²) < 4.78 is 0. The minimum absolute atomic E-state index is 0.215. The molecule has 0 radical (unpaired) electrons. The van der Waals surface area contributed by atoms with Crippen molar-refractivity contribution in [2.75, 3.05) is 24.5 Å². The Balaban J connectivity index is 1.73. The van der Waals surface area contributed by atoms with Gasteiger partial charge in [-0.3, -0.25) is 4.90 Å². The molecule has 2 aliphatic heterocycles. The van der Waals surface area contributed by atoms with E-state index in [0.717, 1.165) is 44.6 Å². The van der Waals surface area contributed by atoms with Crippen LogP contribution in [0.2, 0.25) is 0 Å². The van der Waals surface area contributed by atoms with Crippen LogP contribution >= 0.6 is 0 Å². The second-order valence-electron chi connectivity index (χ2n) is 5.57. The molecule has 1 saturated heterocycles. The van der Waals surface area contributed by atoms with Crippen LogP contribution in [0, 0.1) is 0 Å². The van der Waals surface area contributed by atoms with E-state index in [1.54, 1.807) is 0 Å². The molecule has 2 amide bonds. The summed E-state index contributed by atoms with van der Waals surface area (Å²) in [6.07, 6.45) is 7.16. The van der Waals surface area contributed by atoms with Crippen LogP contribution in [0.3, 0.4) is 0 Å². The van der Waals surface area contributed by atoms with E-state index in [2.05, 4.69) is 23.1 Å². The molecule has 19 heavy (non-hydrogen) atoms. The minimum atomic E-state index is 0.215. The molecule has 3 heteroatoms. The topological polar surface area (TPSA) is 23.6 Å². The summed E-state index contributed by atoms with van der Waals surface area (Å²) in [5.41, 5.74) is 2.43. The number of carbonyl (C=O) groups excluding carboxylic acids is 1. The highest BCUT2D eigenvalue weighted by Crippen LogP contribution is 2.28. The fourth-order valence-corrected chi connectivity index (χ4v) is 3.15. The molecule has 0 saturated carbocycles. The SMILES string of the molecule is O=C(N1CCCCCCC1)N1CCc2ccccc21. The molecular weight excluding hydrogens is 236 g/mol. The van der Waals surface area contributed by atoms with Gasteiger partial charge in [0, 0.05) is 25.3 Å². The van der Waals surface area contributed by atoms with Crippen molar-refractivity contribution in [2.45, 2.75) is 38.5 Å². The number of carbonyl (C=O) groups is 1. The van der Waals surface area contributed by atoms with Gasteiger partial charge >= 0.3 is 6.03 Å². The van der Waals surface area contributed by atoms with Gasteiger partial charge in [0.1, 0.15) is 0 Å². The second kappa shape index (κ2) is 5.64. The lowest BCUT2D eigenvalue weighted by Gasteiger charge is -2.29. The van der Waals surface area contributed by atoms with Gasteiger partial charge in [-0.2, -0.15) is 0 Å². The van der Waals surface area contributed by atoms with Crippen molar-refractivity contribution < 1.29 is 4.79 Å². The number of para-hydroxylation sites is 1. The molecule has 1 aromatic rings. The van der Waals surface area contributed by atoms with Crippen LogP contribution in [-0.2, 0) is 6.42 Å². The lowest BCUT2D eigenvalue weighted by atomic mass is 10.1. The smallest absolute Gasteiger partial charge is 0.324 e. The van der Waals surface area contributed by atoms with E-state index in [-0.39, 0.29) is 6.03 Å². The van der Waals surface area contributed by atoms with Gasteiger partial charge in [0.2, 0.25) is 0 Å². The van der Waals surface area contributed by atoms with Crippen molar-refractivity contribution in [3.05, 3.63) is 29.8 Å². The Labute approximate surface area is 115 Å². The van der Waals surface area contributed by atoms with Crippen molar-refractivity contribution in [1.82, 2.24) is 4.90 Å². The van der Waals surface area contributed by atoms with Gasteiger partial charge < -0.3 is 4.90 Å². The maximum absolute atomic E-state index is 12.7. The molecule has 2 heterocycles. The molecule has 0 unspecified atom stereocenters. The third-order valence-corrected chi connectivity index (χ3v) is 4.24. The van der Waals surface area contributed by atoms with Crippen LogP contribution in [0.5, 0.6) is 0 Å². The third kappa shape index (κ3) is 2.60. The first-order valence-corrected chi connectivity index (χ1v) is 7.50. The molecule has 102 valence electrons. The number of benzene rings is 1. The first kappa shape index (κ1) is 12.5. The van der Waals surface area contributed by atoms with E-state index < -0.39 is 0 Å². The van der Waals surface area contributed by atoms with Crippen molar-refractivity contribution in [3.63, 3.8) is 0 Å². The van der Waals surface area contributed by atoms with E-state index >= 15 is 0 Å².